The highest BCUT2D eigenvalue weighted by atomic mass is 35.8. The van der Waals surface area contributed by atoms with Crippen LogP contribution in [0.2, 0.25) is 0 Å². The standard InChI is InChI=1S/C5H11NO2S.C4H7NO2.CH4S.Al.4ClH/c1-9-3-2-4(6)5(7)8;5-3-1-2-7-4(3)6;1-2;;;;;/h4H,2-3,6H2,1H3,(H,7,8);3H,1-2,5H2;2H,1H3;;4*1H/q;;;+3;;;;/p-3. The number of thioether (sulfide) groups is 1. The van der Waals surface area contributed by atoms with Crippen LogP contribution in [0.4, 0.5) is 0 Å². The van der Waals surface area contributed by atoms with Crippen LogP contribution in [-0.2, 0) is 14.3 Å². The summed E-state index contributed by atoms with van der Waals surface area (Å²) >= 11 is 3.41. The highest BCUT2D eigenvalue weighted by Gasteiger charge is 2.21. The Hall–Kier alpha value is 1.25. The molecule has 1 fully saturated rings. The number of carboxylic acid groups (broad SMARTS) is 1. The van der Waals surface area contributed by atoms with Crippen LogP contribution >= 0.6 is 66.9 Å². The van der Waals surface area contributed by atoms with Gasteiger partial charge in [-0.25, -0.2) is 30.1 Å². The van der Waals surface area contributed by atoms with Crippen LogP contribution < -0.4 is 11.5 Å². The van der Waals surface area contributed by atoms with Gasteiger partial charge in [-0.15, -0.1) is 12.4 Å². The Morgan fingerprint density at radius 1 is 1.52 bits per heavy atom. The minimum Gasteiger partial charge on any atom is -0.480 e. The van der Waals surface area contributed by atoms with Gasteiger partial charge in [0.05, 0.1) is 6.61 Å². The maximum atomic E-state index is 10.2. The number of ether oxygens (including phenoxy) is 1. The van der Waals surface area contributed by atoms with Crippen molar-refractivity contribution >= 4 is 90.3 Å². The second kappa shape index (κ2) is 23.3. The van der Waals surface area contributed by atoms with E-state index in [9.17, 15) is 9.59 Å². The van der Waals surface area contributed by atoms with Crippen molar-refractivity contribution in [1.29, 1.82) is 0 Å². The first-order valence-corrected chi connectivity index (χ1v) is 13.5. The van der Waals surface area contributed by atoms with Crippen molar-refractivity contribution in [2.24, 2.45) is 11.5 Å². The molecule has 0 bridgehead atoms. The number of halogens is 4. The molecule has 0 aromatic carbocycles. The fourth-order valence-electron chi connectivity index (χ4n) is 0.880. The van der Waals surface area contributed by atoms with E-state index in [-0.39, 0.29) is 24.4 Å². The molecule has 0 aliphatic carbocycles. The molecule has 2 atom stereocenters. The number of thiol groups is 1. The Morgan fingerprint density at radius 2 is 1.96 bits per heavy atom. The molecule has 1 aliphatic heterocycles. The van der Waals surface area contributed by atoms with E-state index in [0.717, 1.165) is 5.75 Å². The number of nitrogens with two attached hydrogens (primary N) is 2. The topological polar surface area (TPSA) is 116 Å². The van der Waals surface area contributed by atoms with E-state index in [2.05, 4.69) is 17.4 Å². The Labute approximate surface area is 170 Å². The zero-order valence-corrected chi connectivity index (χ0v) is 18.7. The second-order valence-electron chi connectivity index (χ2n) is 3.54. The van der Waals surface area contributed by atoms with E-state index in [1.807, 2.05) is 6.26 Å². The molecule has 1 heterocycles. The molecule has 0 aromatic heterocycles. The summed E-state index contributed by atoms with van der Waals surface area (Å²) in [4.78, 5) is 20.3. The number of esters is 1. The molecule has 0 aromatic rings. The number of carbonyl (C=O) groups excluding carboxylic acids is 1. The Balaban J connectivity index is -0.000000115. The SMILES string of the molecule is CS.CSCCC(N)C(=O)O.Cl.NC1CCOC1=O.[Cl][Al]([Cl])[Cl]. The van der Waals surface area contributed by atoms with Crippen molar-refractivity contribution in [2.45, 2.75) is 24.9 Å². The van der Waals surface area contributed by atoms with Crippen LogP contribution in [-0.4, -0.2) is 65.4 Å². The molecule has 2 unspecified atom stereocenters. The minimum absolute atomic E-state index is 0. The first-order valence-electron chi connectivity index (χ1n) is 5.98. The molecular weight excluding hydrogens is 445 g/mol. The molecule has 140 valence electrons. The molecule has 1 rings (SSSR count). The lowest BCUT2D eigenvalue weighted by atomic mass is 10.2. The van der Waals surface area contributed by atoms with Crippen LogP contribution in [0, 0.1) is 0 Å². The van der Waals surface area contributed by atoms with Gasteiger partial charge < -0.3 is 21.3 Å². The third-order valence-corrected chi connectivity index (χ3v) is 2.57. The first-order chi connectivity index (χ1) is 10.2. The van der Waals surface area contributed by atoms with E-state index in [0.29, 0.717) is 19.4 Å². The molecule has 1 aliphatic rings. The van der Waals surface area contributed by atoms with E-state index in [4.69, 9.17) is 46.7 Å². The van der Waals surface area contributed by atoms with Crippen molar-refractivity contribution in [3.8, 4) is 0 Å². The van der Waals surface area contributed by atoms with Crippen LogP contribution in [0.25, 0.3) is 0 Å². The fraction of sp³-hybridized carbons (Fsp3) is 0.800. The van der Waals surface area contributed by atoms with Crippen molar-refractivity contribution < 1.29 is 19.4 Å². The van der Waals surface area contributed by atoms with Gasteiger partial charge in [-0.2, -0.15) is 24.4 Å². The summed E-state index contributed by atoms with van der Waals surface area (Å²) in [7, 11) is 14.8. The smallest absolute Gasteiger partial charge is 0.480 e. The number of cyclic esters (lactones) is 1. The van der Waals surface area contributed by atoms with E-state index in [1.54, 1.807) is 18.0 Å². The lowest BCUT2D eigenvalue weighted by Crippen LogP contribution is -2.30. The van der Waals surface area contributed by atoms with Gasteiger partial charge in [-0.3, -0.25) is 9.59 Å². The quantitative estimate of drug-likeness (QED) is 0.284. The molecule has 1 saturated heterocycles. The van der Waals surface area contributed by atoms with Gasteiger partial charge in [0, 0.05) is 6.42 Å². The lowest BCUT2D eigenvalue weighted by molar-refractivity contribution is -0.139. The average Bonchev–Trinajstić information content (AvgIpc) is 2.82. The number of carboxylic acids is 1. The van der Waals surface area contributed by atoms with Crippen molar-refractivity contribution in [1.82, 2.24) is 0 Å². The predicted molar refractivity (Wildman–Crippen MR) is 108 cm³/mol. The minimum atomic E-state index is -1.72. The van der Waals surface area contributed by atoms with Crippen LogP contribution in [0.1, 0.15) is 12.8 Å². The molecule has 0 radical (unpaired) electrons. The van der Waals surface area contributed by atoms with Crippen molar-refractivity contribution in [2.75, 3.05) is 24.9 Å². The Kier molecular flexibility index (Phi) is 32.3. The number of aliphatic carboxylic acids is 1. The van der Waals surface area contributed by atoms with Crippen molar-refractivity contribution in [3.05, 3.63) is 0 Å². The lowest BCUT2D eigenvalue weighted by Gasteiger charge is -2.02. The van der Waals surface area contributed by atoms with Gasteiger partial charge in [-0.1, -0.05) is 0 Å². The molecule has 0 saturated carbocycles. The van der Waals surface area contributed by atoms with Crippen LogP contribution in [0.15, 0.2) is 0 Å². The summed E-state index contributed by atoms with van der Waals surface area (Å²) in [6.07, 6.45) is 4.85. The summed E-state index contributed by atoms with van der Waals surface area (Å²) in [6.45, 7) is 0.500. The summed E-state index contributed by atoms with van der Waals surface area (Å²) in [5.41, 5.74) is 10.4. The number of hydrogen-bond donors (Lipinski definition) is 4. The number of carbonyl (C=O) groups is 2. The second-order valence-corrected chi connectivity index (χ2v) is 11.0. The third kappa shape index (κ3) is 28.3. The van der Waals surface area contributed by atoms with Crippen LogP contribution in [0.5, 0.6) is 0 Å². The van der Waals surface area contributed by atoms with Gasteiger partial charge in [0.1, 0.15) is 12.1 Å². The largest absolute Gasteiger partial charge is 0.643 e. The van der Waals surface area contributed by atoms with Gasteiger partial charge in [-0.05, 0) is 24.7 Å². The fourth-order valence-corrected chi connectivity index (χ4v) is 1.37. The summed E-state index contributed by atoms with van der Waals surface area (Å²) in [5, 5.41) is 8.27. The van der Waals surface area contributed by atoms with Crippen LogP contribution in [0.3, 0.4) is 0 Å². The molecular formula is C10H23AlCl4N2O4S2. The van der Waals surface area contributed by atoms with E-state index in [1.165, 1.54) is 0 Å². The zero-order valence-electron chi connectivity index (χ0n) is 12.8. The Bertz CT molecular complexity index is 295. The normalized spacial score (nSPS) is 15.8. The maximum absolute atomic E-state index is 10.2. The monoisotopic (exact) mass is 466 g/mol. The Morgan fingerprint density at radius 3 is 2.13 bits per heavy atom. The number of rotatable bonds is 4. The van der Waals surface area contributed by atoms with Gasteiger partial charge >= 0.3 is 23.3 Å². The average molecular weight is 468 g/mol. The summed E-state index contributed by atoms with van der Waals surface area (Å²) < 4.78 is 4.50. The van der Waals surface area contributed by atoms with Gasteiger partial charge in [0.25, 0.3) is 0 Å². The summed E-state index contributed by atoms with van der Waals surface area (Å²) in [5.74, 6) is -0.364. The third-order valence-electron chi connectivity index (χ3n) is 1.93. The first kappa shape index (κ1) is 32.0. The maximum Gasteiger partial charge on any atom is 0.643 e. The predicted octanol–water partition coefficient (Wildman–Crippen LogP) is 2.07. The molecule has 5 N–H and O–H groups in total. The zero-order chi connectivity index (χ0) is 18.1. The molecule has 0 spiro atoms. The van der Waals surface area contributed by atoms with Gasteiger partial charge in [0.15, 0.2) is 0 Å². The highest BCUT2D eigenvalue weighted by molar-refractivity contribution is 7.98. The highest BCUT2D eigenvalue weighted by Crippen LogP contribution is 2.01. The molecule has 6 nitrogen and oxygen atoms in total. The van der Waals surface area contributed by atoms with E-state index < -0.39 is 23.4 Å². The summed E-state index contributed by atoms with van der Waals surface area (Å²) in [6, 6.07) is -1.03. The molecule has 0 amide bonds. The molecule has 13 heteroatoms. The van der Waals surface area contributed by atoms with Gasteiger partial charge in [0.2, 0.25) is 0 Å². The molecule has 23 heavy (non-hydrogen) atoms. The van der Waals surface area contributed by atoms with Crippen molar-refractivity contribution in [3.63, 3.8) is 0 Å². The number of hydrogen-bond acceptors (Lipinski definition) is 7. The van der Waals surface area contributed by atoms with E-state index >= 15 is 0 Å².